The van der Waals surface area contributed by atoms with Crippen LogP contribution in [0.25, 0.3) is 11.5 Å². The molecule has 0 saturated heterocycles. The van der Waals surface area contributed by atoms with Crippen molar-refractivity contribution in [2.45, 2.75) is 65.3 Å². The molecule has 0 spiro atoms. The third-order valence-corrected chi connectivity index (χ3v) is 5.21. The normalized spacial score (nSPS) is 12.1. The lowest BCUT2D eigenvalue weighted by Gasteiger charge is -2.29. The molecule has 0 aliphatic rings. The van der Waals surface area contributed by atoms with Crippen LogP contribution in [0.15, 0.2) is 52.9 Å². The van der Waals surface area contributed by atoms with Crippen LogP contribution in [0, 0.1) is 0 Å². The van der Waals surface area contributed by atoms with Crippen molar-refractivity contribution < 1.29 is 27.1 Å². The van der Waals surface area contributed by atoms with Crippen molar-refractivity contribution in [3.63, 3.8) is 0 Å². The van der Waals surface area contributed by atoms with Gasteiger partial charge in [-0.1, -0.05) is 30.3 Å². The van der Waals surface area contributed by atoms with Crippen LogP contribution >= 0.6 is 0 Å². The van der Waals surface area contributed by atoms with E-state index in [0.29, 0.717) is 36.7 Å². The Morgan fingerprint density at radius 2 is 1.69 bits per heavy atom. The van der Waals surface area contributed by atoms with Crippen LogP contribution in [0.5, 0.6) is 0 Å². The SMILES string of the molecule is CC(C)N(CCc1nnc(-c2ccccc2Cc2ccc(C(F)(F)F)cc2)o1)C(=O)OC(C)(C)C. The number of rotatable bonds is 7. The second-order valence-corrected chi connectivity index (χ2v) is 9.55. The first-order valence-electron chi connectivity index (χ1n) is 11.4. The van der Waals surface area contributed by atoms with Crippen LogP contribution in [0.2, 0.25) is 0 Å². The predicted molar refractivity (Wildman–Crippen MR) is 126 cm³/mol. The van der Waals surface area contributed by atoms with Gasteiger partial charge in [0.15, 0.2) is 0 Å². The molecular formula is C26H30F3N3O3. The number of alkyl halides is 3. The quantitative estimate of drug-likeness (QED) is 0.377. The van der Waals surface area contributed by atoms with Gasteiger partial charge in [-0.3, -0.25) is 0 Å². The van der Waals surface area contributed by atoms with Crippen molar-refractivity contribution in [3.8, 4) is 11.5 Å². The van der Waals surface area contributed by atoms with Crippen molar-refractivity contribution >= 4 is 6.09 Å². The fraction of sp³-hybridized carbons (Fsp3) is 0.423. The number of hydrogen-bond acceptors (Lipinski definition) is 5. The Hall–Kier alpha value is -3.36. The van der Waals surface area contributed by atoms with Crippen LogP contribution < -0.4 is 0 Å². The lowest BCUT2D eigenvalue weighted by atomic mass is 9.99. The molecule has 2 aromatic carbocycles. The maximum Gasteiger partial charge on any atom is 0.416 e. The molecule has 1 amide bonds. The molecule has 0 aliphatic carbocycles. The minimum atomic E-state index is -4.37. The summed E-state index contributed by atoms with van der Waals surface area (Å²) in [5, 5.41) is 8.29. The Balaban J connectivity index is 1.72. The van der Waals surface area contributed by atoms with Gasteiger partial charge >= 0.3 is 12.3 Å². The maximum atomic E-state index is 12.9. The van der Waals surface area contributed by atoms with Crippen molar-refractivity contribution in [2.24, 2.45) is 0 Å². The zero-order chi connectivity index (χ0) is 25.8. The van der Waals surface area contributed by atoms with Crippen molar-refractivity contribution in [1.29, 1.82) is 0 Å². The Kier molecular flexibility index (Phi) is 7.87. The number of ether oxygens (including phenoxy) is 1. The minimum absolute atomic E-state index is 0.0725. The van der Waals surface area contributed by atoms with Crippen molar-refractivity contribution in [2.75, 3.05) is 6.54 Å². The van der Waals surface area contributed by atoms with Crippen LogP contribution in [-0.2, 0) is 23.8 Å². The first kappa shape index (κ1) is 26.2. The summed E-state index contributed by atoms with van der Waals surface area (Å²) in [5.41, 5.74) is 1.01. The molecule has 6 nitrogen and oxygen atoms in total. The largest absolute Gasteiger partial charge is 0.444 e. The van der Waals surface area contributed by atoms with Gasteiger partial charge in [0.2, 0.25) is 11.8 Å². The van der Waals surface area contributed by atoms with E-state index in [9.17, 15) is 18.0 Å². The van der Waals surface area contributed by atoms with E-state index in [1.807, 2.05) is 58.9 Å². The predicted octanol–water partition coefficient (Wildman–Crippen LogP) is 6.53. The minimum Gasteiger partial charge on any atom is -0.444 e. The molecule has 188 valence electrons. The van der Waals surface area contributed by atoms with E-state index in [4.69, 9.17) is 9.15 Å². The molecule has 1 aromatic heterocycles. The third kappa shape index (κ3) is 7.31. The molecule has 3 aromatic rings. The second-order valence-electron chi connectivity index (χ2n) is 9.55. The molecule has 0 aliphatic heterocycles. The molecule has 9 heteroatoms. The van der Waals surface area contributed by atoms with Crippen LogP contribution in [0.3, 0.4) is 0 Å². The van der Waals surface area contributed by atoms with Crippen molar-refractivity contribution in [3.05, 3.63) is 71.1 Å². The second kappa shape index (κ2) is 10.5. The van der Waals surface area contributed by atoms with Gasteiger partial charge in [0.1, 0.15) is 5.60 Å². The van der Waals surface area contributed by atoms with Crippen molar-refractivity contribution in [1.82, 2.24) is 15.1 Å². The van der Waals surface area contributed by atoms with E-state index in [1.54, 1.807) is 4.90 Å². The first-order valence-corrected chi connectivity index (χ1v) is 11.4. The van der Waals surface area contributed by atoms with Gasteiger partial charge in [0.25, 0.3) is 0 Å². The average Bonchev–Trinajstić information content (AvgIpc) is 3.21. The van der Waals surface area contributed by atoms with Gasteiger partial charge in [0.05, 0.1) is 5.56 Å². The molecule has 1 heterocycles. The molecule has 0 radical (unpaired) electrons. The molecule has 35 heavy (non-hydrogen) atoms. The number of aromatic nitrogens is 2. The third-order valence-electron chi connectivity index (χ3n) is 5.21. The molecular weight excluding hydrogens is 459 g/mol. The van der Waals surface area contributed by atoms with Crippen LogP contribution in [0.1, 0.15) is 57.2 Å². The fourth-order valence-corrected chi connectivity index (χ4v) is 3.48. The summed E-state index contributed by atoms with van der Waals surface area (Å²) < 4.78 is 49.9. The summed E-state index contributed by atoms with van der Waals surface area (Å²) in [6, 6.07) is 12.4. The van der Waals surface area contributed by atoms with E-state index >= 15 is 0 Å². The average molecular weight is 490 g/mol. The van der Waals surface area contributed by atoms with E-state index < -0.39 is 23.4 Å². The summed E-state index contributed by atoms with van der Waals surface area (Å²) >= 11 is 0. The zero-order valence-corrected chi connectivity index (χ0v) is 20.5. The standard InChI is InChI=1S/C26H30F3N3O3/c1-17(2)32(24(33)35-25(3,4)5)15-14-22-30-31-23(34-22)21-9-7-6-8-19(21)16-18-10-12-20(13-11-18)26(27,28)29/h6-13,17H,14-16H2,1-5H3. The van der Waals surface area contributed by atoms with Gasteiger partial charge in [-0.05, 0) is 70.4 Å². The summed E-state index contributed by atoms with van der Waals surface area (Å²) in [4.78, 5) is 14.1. The molecule has 3 rings (SSSR count). The smallest absolute Gasteiger partial charge is 0.416 e. The van der Waals surface area contributed by atoms with Crippen LogP contribution in [0.4, 0.5) is 18.0 Å². The lowest BCUT2D eigenvalue weighted by molar-refractivity contribution is -0.137. The van der Waals surface area contributed by atoms with Gasteiger partial charge in [0, 0.05) is 24.6 Å². The Labute approximate surface area is 203 Å². The fourth-order valence-electron chi connectivity index (χ4n) is 3.48. The number of halogens is 3. The highest BCUT2D eigenvalue weighted by Gasteiger charge is 2.30. The highest BCUT2D eigenvalue weighted by molar-refractivity contribution is 5.68. The van der Waals surface area contributed by atoms with Crippen LogP contribution in [-0.4, -0.2) is 39.4 Å². The number of benzene rings is 2. The molecule has 0 atom stereocenters. The maximum absolute atomic E-state index is 12.9. The highest BCUT2D eigenvalue weighted by Crippen LogP contribution is 2.30. The Morgan fingerprint density at radius 3 is 2.29 bits per heavy atom. The number of amides is 1. The topological polar surface area (TPSA) is 68.5 Å². The monoisotopic (exact) mass is 489 g/mol. The van der Waals surface area contributed by atoms with Gasteiger partial charge in [-0.15, -0.1) is 10.2 Å². The first-order chi connectivity index (χ1) is 16.3. The Bertz CT molecular complexity index is 1130. The summed E-state index contributed by atoms with van der Waals surface area (Å²) in [6.45, 7) is 9.60. The van der Waals surface area contributed by atoms with Gasteiger partial charge < -0.3 is 14.1 Å². The van der Waals surface area contributed by atoms with E-state index in [-0.39, 0.29) is 6.04 Å². The molecule has 0 saturated carbocycles. The molecule has 0 N–H and O–H groups in total. The summed E-state index contributed by atoms with van der Waals surface area (Å²) in [6.07, 6.45) is -4.02. The zero-order valence-electron chi connectivity index (χ0n) is 20.5. The molecule has 0 bridgehead atoms. The van der Waals surface area contributed by atoms with Gasteiger partial charge in [-0.25, -0.2) is 4.79 Å². The number of hydrogen-bond donors (Lipinski definition) is 0. The summed E-state index contributed by atoms with van der Waals surface area (Å²) in [5.74, 6) is 0.689. The van der Waals surface area contributed by atoms with E-state index in [0.717, 1.165) is 23.3 Å². The number of carbonyl (C=O) groups excluding carboxylic acids is 1. The Morgan fingerprint density at radius 1 is 1.03 bits per heavy atom. The number of nitrogens with zero attached hydrogens (tertiary/aromatic N) is 3. The highest BCUT2D eigenvalue weighted by atomic mass is 19.4. The number of carbonyl (C=O) groups is 1. The summed E-state index contributed by atoms with van der Waals surface area (Å²) in [7, 11) is 0. The van der Waals surface area contributed by atoms with E-state index in [1.165, 1.54) is 12.1 Å². The lowest BCUT2D eigenvalue weighted by Crippen LogP contribution is -2.42. The molecule has 0 fully saturated rings. The van der Waals surface area contributed by atoms with Gasteiger partial charge in [-0.2, -0.15) is 13.2 Å². The molecule has 0 unspecified atom stereocenters. The van der Waals surface area contributed by atoms with E-state index in [2.05, 4.69) is 10.2 Å².